The quantitative estimate of drug-likeness (QED) is 0.573. The number of nitrogens with one attached hydrogen (secondary N) is 1. The fourth-order valence-corrected chi connectivity index (χ4v) is 2.71. The van der Waals surface area contributed by atoms with Crippen molar-refractivity contribution in [1.29, 1.82) is 0 Å². The highest BCUT2D eigenvalue weighted by atomic mass is 32.1. The summed E-state index contributed by atoms with van der Waals surface area (Å²) in [5.74, 6) is 6.79. The van der Waals surface area contributed by atoms with E-state index < -0.39 is 0 Å². The van der Waals surface area contributed by atoms with Gasteiger partial charge in [0.1, 0.15) is 11.5 Å². The highest BCUT2D eigenvalue weighted by molar-refractivity contribution is 7.09. The average Bonchev–Trinajstić information content (AvgIpc) is 2.95. The Kier molecular flexibility index (Phi) is 3.64. The molecule has 3 N–H and O–H groups in total. The van der Waals surface area contributed by atoms with Crippen LogP contribution < -0.4 is 11.3 Å². The molecule has 0 aliphatic carbocycles. The van der Waals surface area contributed by atoms with E-state index >= 15 is 0 Å². The third kappa shape index (κ3) is 2.63. The van der Waals surface area contributed by atoms with E-state index in [1.807, 2.05) is 49.6 Å². The van der Waals surface area contributed by atoms with Crippen molar-refractivity contribution >= 4 is 17.2 Å². The molecule has 0 bridgehead atoms. The lowest BCUT2D eigenvalue weighted by molar-refractivity contribution is 1.10. The first-order valence-corrected chi connectivity index (χ1v) is 7.40. The molecule has 5 nitrogen and oxygen atoms in total. The van der Waals surface area contributed by atoms with Gasteiger partial charge in [0.05, 0.1) is 10.7 Å². The Labute approximate surface area is 126 Å². The molecule has 0 saturated heterocycles. The molecule has 0 radical (unpaired) electrons. The Hall–Kier alpha value is -2.31. The van der Waals surface area contributed by atoms with E-state index in [1.54, 1.807) is 11.3 Å². The van der Waals surface area contributed by atoms with E-state index in [1.165, 1.54) is 0 Å². The number of rotatable bonds is 3. The maximum atomic E-state index is 5.59. The van der Waals surface area contributed by atoms with Crippen LogP contribution in [0, 0.1) is 13.8 Å². The van der Waals surface area contributed by atoms with Crippen molar-refractivity contribution in [3.8, 4) is 22.8 Å². The summed E-state index contributed by atoms with van der Waals surface area (Å²) >= 11 is 1.58. The van der Waals surface area contributed by atoms with Crippen LogP contribution in [-0.4, -0.2) is 15.0 Å². The summed E-state index contributed by atoms with van der Waals surface area (Å²) in [6.45, 7) is 3.91. The van der Waals surface area contributed by atoms with Crippen molar-refractivity contribution in [2.45, 2.75) is 13.8 Å². The van der Waals surface area contributed by atoms with Crippen LogP contribution in [0.15, 0.2) is 35.7 Å². The van der Waals surface area contributed by atoms with Crippen LogP contribution in [0.4, 0.5) is 5.82 Å². The topological polar surface area (TPSA) is 76.7 Å². The predicted molar refractivity (Wildman–Crippen MR) is 85.9 cm³/mol. The molecule has 0 saturated carbocycles. The van der Waals surface area contributed by atoms with E-state index in [9.17, 15) is 0 Å². The van der Waals surface area contributed by atoms with E-state index in [2.05, 4.69) is 20.4 Å². The van der Waals surface area contributed by atoms with E-state index in [0.717, 1.165) is 27.5 Å². The number of benzene rings is 1. The zero-order chi connectivity index (χ0) is 14.8. The number of nitrogen functional groups attached to an aromatic ring is 1. The Bertz CT molecular complexity index is 767. The average molecular weight is 297 g/mol. The summed E-state index contributed by atoms with van der Waals surface area (Å²) in [6, 6.07) is 9.99. The molecule has 3 aromatic rings. The minimum Gasteiger partial charge on any atom is -0.308 e. The lowest BCUT2D eigenvalue weighted by atomic mass is 10.1. The van der Waals surface area contributed by atoms with Gasteiger partial charge < -0.3 is 5.43 Å². The van der Waals surface area contributed by atoms with Crippen LogP contribution in [0.3, 0.4) is 0 Å². The summed E-state index contributed by atoms with van der Waals surface area (Å²) in [6.07, 6.45) is 0. The molecule has 2 aromatic heterocycles. The number of aryl methyl sites for hydroxylation is 1. The lowest BCUT2D eigenvalue weighted by Crippen LogP contribution is -2.12. The third-order valence-corrected chi connectivity index (χ3v) is 3.95. The first-order chi connectivity index (χ1) is 10.2. The van der Waals surface area contributed by atoms with Crippen molar-refractivity contribution in [3.63, 3.8) is 0 Å². The molecule has 1 aromatic carbocycles. The van der Waals surface area contributed by atoms with E-state index in [4.69, 9.17) is 5.84 Å². The molecule has 106 valence electrons. The van der Waals surface area contributed by atoms with Crippen molar-refractivity contribution in [2.75, 3.05) is 5.43 Å². The van der Waals surface area contributed by atoms with E-state index in [0.29, 0.717) is 11.6 Å². The molecule has 3 rings (SSSR count). The molecule has 0 spiro atoms. The second-order valence-electron chi connectivity index (χ2n) is 4.63. The fraction of sp³-hybridized carbons (Fsp3) is 0.133. The Morgan fingerprint density at radius 2 is 1.81 bits per heavy atom. The Morgan fingerprint density at radius 1 is 1.05 bits per heavy atom. The van der Waals surface area contributed by atoms with Gasteiger partial charge in [-0.05, 0) is 13.8 Å². The van der Waals surface area contributed by atoms with Gasteiger partial charge >= 0.3 is 0 Å². The molecule has 6 heteroatoms. The smallest absolute Gasteiger partial charge is 0.181 e. The minimum absolute atomic E-state index is 0.580. The fourth-order valence-electron chi connectivity index (χ4n) is 2.11. The molecule has 0 fully saturated rings. The number of hydrogen-bond donors (Lipinski definition) is 2. The van der Waals surface area contributed by atoms with Crippen molar-refractivity contribution in [2.24, 2.45) is 5.84 Å². The molecule has 0 unspecified atom stereocenters. The van der Waals surface area contributed by atoms with Crippen LogP contribution >= 0.6 is 11.3 Å². The highest BCUT2D eigenvalue weighted by Crippen LogP contribution is 2.28. The zero-order valence-corrected chi connectivity index (χ0v) is 12.6. The number of aromatic nitrogens is 3. The van der Waals surface area contributed by atoms with Gasteiger partial charge in [-0.2, -0.15) is 0 Å². The molecule has 0 aliphatic rings. The largest absolute Gasteiger partial charge is 0.308 e. The van der Waals surface area contributed by atoms with Crippen LogP contribution in [0.5, 0.6) is 0 Å². The SMILES string of the molecule is Cc1nc(-c2nc(NN)c(C)c(-c3ccccc3)n2)cs1. The highest BCUT2D eigenvalue weighted by Gasteiger charge is 2.14. The predicted octanol–water partition coefficient (Wildman–Crippen LogP) is 3.17. The minimum atomic E-state index is 0.580. The molecular weight excluding hydrogens is 282 g/mol. The molecule has 0 atom stereocenters. The van der Waals surface area contributed by atoms with Crippen LogP contribution in [-0.2, 0) is 0 Å². The normalized spacial score (nSPS) is 10.6. The molecular formula is C15H15N5S. The number of thiazole rings is 1. The molecule has 0 aliphatic heterocycles. The number of anilines is 1. The van der Waals surface area contributed by atoms with Crippen LogP contribution in [0.1, 0.15) is 10.6 Å². The first-order valence-electron chi connectivity index (χ1n) is 6.52. The van der Waals surface area contributed by atoms with Gasteiger partial charge in [-0.3, -0.25) is 0 Å². The summed E-state index contributed by atoms with van der Waals surface area (Å²) in [4.78, 5) is 13.6. The number of nitrogens with two attached hydrogens (primary N) is 1. The van der Waals surface area contributed by atoms with Crippen molar-refractivity contribution in [3.05, 3.63) is 46.3 Å². The molecule has 2 heterocycles. The summed E-state index contributed by atoms with van der Waals surface area (Å²) < 4.78 is 0. The van der Waals surface area contributed by atoms with Crippen LogP contribution in [0.2, 0.25) is 0 Å². The van der Waals surface area contributed by atoms with Gasteiger partial charge in [0.2, 0.25) is 0 Å². The second kappa shape index (κ2) is 5.59. The van der Waals surface area contributed by atoms with Gasteiger partial charge in [-0.25, -0.2) is 20.8 Å². The van der Waals surface area contributed by atoms with Gasteiger partial charge in [0.25, 0.3) is 0 Å². The zero-order valence-electron chi connectivity index (χ0n) is 11.8. The van der Waals surface area contributed by atoms with E-state index in [-0.39, 0.29) is 0 Å². The summed E-state index contributed by atoms with van der Waals surface area (Å²) in [7, 11) is 0. The molecule has 21 heavy (non-hydrogen) atoms. The standard InChI is InChI=1S/C15H15N5S/c1-9-13(11-6-4-3-5-7-11)18-15(19-14(9)20-16)12-8-21-10(2)17-12/h3-8H,16H2,1-2H3,(H,18,19,20). The second-order valence-corrected chi connectivity index (χ2v) is 5.69. The monoisotopic (exact) mass is 297 g/mol. The molecule has 0 amide bonds. The maximum Gasteiger partial charge on any atom is 0.181 e. The van der Waals surface area contributed by atoms with Crippen LogP contribution in [0.25, 0.3) is 22.8 Å². The van der Waals surface area contributed by atoms with Gasteiger partial charge in [0.15, 0.2) is 5.82 Å². The lowest BCUT2D eigenvalue weighted by Gasteiger charge is -2.11. The summed E-state index contributed by atoms with van der Waals surface area (Å²) in [5, 5.41) is 2.94. The van der Waals surface area contributed by atoms with Gasteiger partial charge in [-0.15, -0.1) is 11.3 Å². The van der Waals surface area contributed by atoms with Gasteiger partial charge in [-0.1, -0.05) is 30.3 Å². The van der Waals surface area contributed by atoms with Gasteiger partial charge in [0, 0.05) is 16.5 Å². The first kappa shape index (κ1) is 13.7. The maximum absolute atomic E-state index is 5.59. The Morgan fingerprint density at radius 3 is 2.43 bits per heavy atom. The number of hydrogen-bond acceptors (Lipinski definition) is 6. The number of nitrogens with zero attached hydrogens (tertiary/aromatic N) is 3. The van der Waals surface area contributed by atoms with Crippen molar-refractivity contribution in [1.82, 2.24) is 15.0 Å². The van der Waals surface area contributed by atoms with Crippen molar-refractivity contribution < 1.29 is 0 Å². The Balaban J connectivity index is 2.20. The third-order valence-electron chi connectivity index (χ3n) is 3.18. The summed E-state index contributed by atoms with van der Waals surface area (Å²) in [5.41, 5.74) is 6.22. The number of hydrazine groups is 1.